The van der Waals surface area contributed by atoms with Crippen molar-refractivity contribution >= 4 is 23.5 Å². The van der Waals surface area contributed by atoms with Crippen LogP contribution in [0.4, 0.5) is 0 Å². The van der Waals surface area contributed by atoms with Gasteiger partial charge in [-0.15, -0.1) is 0 Å². The number of nitrogens with zero attached hydrogens (tertiary/aromatic N) is 3. The van der Waals surface area contributed by atoms with Gasteiger partial charge in [0, 0.05) is 50.7 Å². The summed E-state index contributed by atoms with van der Waals surface area (Å²) in [6.45, 7) is 9.27. The maximum atomic E-state index is 11.7. The Bertz CT molecular complexity index is 709. The van der Waals surface area contributed by atoms with Gasteiger partial charge in [0.05, 0.1) is 25.8 Å². The summed E-state index contributed by atoms with van der Waals surface area (Å²) in [6, 6.07) is 8.21. The molecule has 0 bridgehead atoms. The second-order valence-corrected chi connectivity index (χ2v) is 8.14. The van der Waals surface area contributed by atoms with Gasteiger partial charge in [-0.2, -0.15) is 0 Å². The van der Waals surface area contributed by atoms with Crippen molar-refractivity contribution < 1.29 is 9.53 Å². The molecule has 2 aliphatic rings. The molecule has 1 aromatic rings. The summed E-state index contributed by atoms with van der Waals surface area (Å²) in [5.41, 5.74) is 1.18. The van der Waals surface area contributed by atoms with E-state index in [1.54, 1.807) is 0 Å². The van der Waals surface area contributed by atoms with Crippen LogP contribution in [0, 0.1) is 0 Å². The fourth-order valence-electron chi connectivity index (χ4n) is 3.97. The fraction of sp³-hybridized carbons (Fsp3) is 0.636. The van der Waals surface area contributed by atoms with E-state index in [9.17, 15) is 4.79 Å². The Morgan fingerprint density at radius 2 is 2.10 bits per heavy atom. The molecule has 2 saturated heterocycles. The number of amides is 1. The second-order valence-electron chi connectivity index (χ2n) is 7.70. The molecule has 30 heavy (non-hydrogen) atoms. The number of rotatable bonds is 9. The number of hydrogen-bond acceptors (Lipinski definition) is 4. The van der Waals surface area contributed by atoms with Crippen LogP contribution in [0.3, 0.4) is 0 Å². The summed E-state index contributed by atoms with van der Waals surface area (Å²) in [6.07, 6.45) is 2.60. The van der Waals surface area contributed by atoms with Gasteiger partial charge in [0.1, 0.15) is 0 Å². The third kappa shape index (κ3) is 6.86. The summed E-state index contributed by atoms with van der Waals surface area (Å²) >= 11 is 6.26. The smallest absolute Gasteiger partial charge is 0.222 e. The number of aliphatic imine (C=N–C) groups is 1. The Balaban J connectivity index is 1.59. The average Bonchev–Trinajstić information content (AvgIpc) is 3.17. The molecule has 0 aromatic heterocycles. The van der Waals surface area contributed by atoms with Crippen molar-refractivity contribution in [2.24, 2.45) is 4.99 Å². The van der Waals surface area contributed by atoms with E-state index in [2.05, 4.69) is 28.5 Å². The lowest BCUT2D eigenvalue weighted by atomic mass is 10.0. The predicted molar refractivity (Wildman–Crippen MR) is 121 cm³/mol. The molecule has 166 valence electrons. The molecule has 2 aliphatic heterocycles. The molecule has 2 N–H and O–H groups in total. The summed E-state index contributed by atoms with van der Waals surface area (Å²) in [7, 11) is 0. The van der Waals surface area contributed by atoms with Crippen LogP contribution >= 0.6 is 11.6 Å². The normalized spacial score (nSPS) is 19.2. The number of likely N-dealkylation sites (tertiary alicyclic amines) is 1. The Morgan fingerprint density at radius 1 is 1.27 bits per heavy atom. The van der Waals surface area contributed by atoms with Gasteiger partial charge in [-0.05, 0) is 37.5 Å². The van der Waals surface area contributed by atoms with Crippen molar-refractivity contribution in [1.82, 2.24) is 20.4 Å². The molecule has 0 aliphatic carbocycles. The van der Waals surface area contributed by atoms with Crippen LogP contribution in [0.1, 0.15) is 37.8 Å². The maximum absolute atomic E-state index is 11.7. The van der Waals surface area contributed by atoms with Gasteiger partial charge >= 0.3 is 0 Å². The minimum atomic E-state index is 0.158. The van der Waals surface area contributed by atoms with Gasteiger partial charge in [0.2, 0.25) is 5.91 Å². The van der Waals surface area contributed by atoms with E-state index in [0.29, 0.717) is 13.0 Å². The molecule has 1 atom stereocenters. The Labute approximate surface area is 184 Å². The molecule has 2 heterocycles. The number of guanidine groups is 1. The SMILES string of the molecule is CCNC(=NCC(c1cccc(Cl)c1)N1CCOCC1)NCCCN1CCCC1=O. The van der Waals surface area contributed by atoms with Gasteiger partial charge in [-0.1, -0.05) is 23.7 Å². The van der Waals surface area contributed by atoms with Crippen LogP contribution in [-0.2, 0) is 9.53 Å². The number of carbonyl (C=O) groups is 1. The predicted octanol–water partition coefficient (Wildman–Crippen LogP) is 2.28. The standard InChI is InChI=1S/C22H34ClN5O2/c1-2-24-22(25-9-5-11-28-10-4-8-21(28)29)26-17-20(27-12-14-30-15-13-27)18-6-3-7-19(23)16-18/h3,6-7,16,20H,2,4-5,8-15,17H2,1H3,(H2,24,25,26). The molecule has 1 amide bonds. The molecular weight excluding hydrogens is 402 g/mol. The van der Waals surface area contributed by atoms with Gasteiger partial charge in [0.15, 0.2) is 5.96 Å². The Hall–Kier alpha value is -1.83. The number of carbonyl (C=O) groups excluding carboxylic acids is 1. The van der Waals surface area contributed by atoms with E-state index < -0.39 is 0 Å². The van der Waals surface area contributed by atoms with Crippen LogP contribution in [0.25, 0.3) is 0 Å². The number of morpholine rings is 1. The highest BCUT2D eigenvalue weighted by Gasteiger charge is 2.23. The zero-order valence-corrected chi connectivity index (χ0v) is 18.7. The molecule has 7 nitrogen and oxygen atoms in total. The van der Waals surface area contributed by atoms with Crippen molar-refractivity contribution in [3.63, 3.8) is 0 Å². The van der Waals surface area contributed by atoms with Gasteiger partial charge in [-0.3, -0.25) is 14.7 Å². The first-order valence-electron chi connectivity index (χ1n) is 11.0. The van der Waals surface area contributed by atoms with E-state index in [1.807, 2.05) is 23.1 Å². The molecule has 2 fully saturated rings. The molecular formula is C22H34ClN5O2. The Kier molecular flexibility index (Phi) is 9.24. The van der Waals surface area contributed by atoms with Gasteiger partial charge < -0.3 is 20.3 Å². The quantitative estimate of drug-likeness (QED) is 0.354. The molecule has 1 unspecified atom stereocenters. The van der Waals surface area contributed by atoms with Crippen LogP contribution in [0.2, 0.25) is 5.02 Å². The highest BCUT2D eigenvalue weighted by Crippen LogP contribution is 2.24. The molecule has 0 saturated carbocycles. The number of ether oxygens (including phenoxy) is 1. The lowest BCUT2D eigenvalue weighted by molar-refractivity contribution is -0.127. The van der Waals surface area contributed by atoms with Crippen LogP contribution < -0.4 is 10.6 Å². The zero-order chi connectivity index (χ0) is 21.2. The fourth-order valence-corrected chi connectivity index (χ4v) is 4.17. The summed E-state index contributed by atoms with van der Waals surface area (Å²) in [4.78, 5) is 21.0. The number of benzene rings is 1. The first-order chi connectivity index (χ1) is 14.7. The van der Waals surface area contributed by atoms with Crippen LogP contribution in [0.15, 0.2) is 29.3 Å². The molecule has 8 heteroatoms. The average molecular weight is 436 g/mol. The first kappa shape index (κ1) is 22.8. The summed E-state index contributed by atoms with van der Waals surface area (Å²) in [5.74, 6) is 1.09. The monoisotopic (exact) mass is 435 g/mol. The topological polar surface area (TPSA) is 69.2 Å². The third-order valence-electron chi connectivity index (χ3n) is 5.56. The van der Waals surface area contributed by atoms with E-state index in [1.165, 1.54) is 5.56 Å². The largest absolute Gasteiger partial charge is 0.379 e. The minimum Gasteiger partial charge on any atom is -0.379 e. The van der Waals surface area contributed by atoms with E-state index in [0.717, 1.165) is 76.3 Å². The zero-order valence-electron chi connectivity index (χ0n) is 17.9. The van der Waals surface area contributed by atoms with Crippen molar-refractivity contribution in [2.45, 2.75) is 32.2 Å². The highest BCUT2D eigenvalue weighted by atomic mass is 35.5. The van der Waals surface area contributed by atoms with Gasteiger partial charge in [0.25, 0.3) is 0 Å². The number of halogens is 1. The first-order valence-corrected chi connectivity index (χ1v) is 11.4. The molecule has 3 rings (SSSR count). The lowest BCUT2D eigenvalue weighted by Gasteiger charge is -2.34. The molecule has 0 spiro atoms. The second kappa shape index (κ2) is 12.1. The summed E-state index contributed by atoms with van der Waals surface area (Å²) in [5, 5.41) is 7.49. The lowest BCUT2D eigenvalue weighted by Crippen LogP contribution is -2.42. The number of hydrogen-bond donors (Lipinski definition) is 2. The molecule has 1 aromatic carbocycles. The highest BCUT2D eigenvalue weighted by molar-refractivity contribution is 6.30. The van der Waals surface area contributed by atoms with Crippen LogP contribution in [-0.4, -0.2) is 80.7 Å². The molecule has 0 radical (unpaired) electrons. The van der Waals surface area contributed by atoms with Crippen molar-refractivity contribution in [2.75, 3.05) is 59.0 Å². The maximum Gasteiger partial charge on any atom is 0.222 e. The van der Waals surface area contributed by atoms with E-state index in [-0.39, 0.29) is 11.9 Å². The van der Waals surface area contributed by atoms with Crippen molar-refractivity contribution in [3.8, 4) is 0 Å². The van der Waals surface area contributed by atoms with E-state index >= 15 is 0 Å². The minimum absolute atomic E-state index is 0.158. The summed E-state index contributed by atoms with van der Waals surface area (Å²) < 4.78 is 5.53. The van der Waals surface area contributed by atoms with Crippen LogP contribution in [0.5, 0.6) is 0 Å². The Morgan fingerprint density at radius 3 is 2.80 bits per heavy atom. The number of nitrogens with one attached hydrogen (secondary N) is 2. The van der Waals surface area contributed by atoms with E-state index in [4.69, 9.17) is 21.3 Å². The third-order valence-corrected chi connectivity index (χ3v) is 5.79. The van der Waals surface area contributed by atoms with Crippen molar-refractivity contribution in [3.05, 3.63) is 34.9 Å². The van der Waals surface area contributed by atoms with Crippen molar-refractivity contribution in [1.29, 1.82) is 0 Å². The van der Waals surface area contributed by atoms with Gasteiger partial charge in [-0.25, -0.2) is 0 Å².